The van der Waals surface area contributed by atoms with E-state index in [-0.39, 0.29) is 37.5 Å². The second kappa shape index (κ2) is 69.3. The Morgan fingerprint density at radius 2 is 0.458 bits per heavy atom. The van der Waals surface area contributed by atoms with Crippen molar-refractivity contribution in [1.82, 2.24) is 0 Å². The zero-order valence-electron chi connectivity index (χ0n) is 53.4. The molecule has 0 N–H and O–H groups in total. The number of unbranched alkanes of at least 4 members (excludes halogenated alkanes) is 20. The van der Waals surface area contributed by atoms with Gasteiger partial charge in [-0.05, 0) is 135 Å². The van der Waals surface area contributed by atoms with E-state index in [2.05, 4.69) is 185 Å². The van der Waals surface area contributed by atoms with Crippen molar-refractivity contribution in [3.05, 3.63) is 170 Å². The maximum atomic E-state index is 12.9. The summed E-state index contributed by atoms with van der Waals surface area (Å²) in [5, 5.41) is 0. The van der Waals surface area contributed by atoms with Crippen molar-refractivity contribution in [2.75, 3.05) is 13.2 Å². The Kier molecular flexibility index (Phi) is 64.9. The summed E-state index contributed by atoms with van der Waals surface area (Å²) >= 11 is 0. The monoisotopic (exact) mass is 1140 g/mol. The van der Waals surface area contributed by atoms with Gasteiger partial charge >= 0.3 is 17.9 Å². The fourth-order valence-corrected chi connectivity index (χ4v) is 8.80. The van der Waals surface area contributed by atoms with Gasteiger partial charge in [-0.15, -0.1) is 0 Å². The molecule has 0 aromatic heterocycles. The number of rotatable bonds is 59. The molecular formula is C77H122O6. The van der Waals surface area contributed by atoms with E-state index in [0.717, 1.165) is 141 Å². The molecule has 0 radical (unpaired) electrons. The van der Waals surface area contributed by atoms with Crippen molar-refractivity contribution < 1.29 is 28.6 Å². The van der Waals surface area contributed by atoms with Gasteiger partial charge in [-0.3, -0.25) is 14.4 Å². The molecule has 6 nitrogen and oxygen atoms in total. The van der Waals surface area contributed by atoms with Gasteiger partial charge in [0.25, 0.3) is 0 Å². The predicted molar refractivity (Wildman–Crippen MR) is 361 cm³/mol. The molecule has 0 aliphatic rings. The van der Waals surface area contributed by atoms with Crippen LogP contribution in [0.25, 0.3) is 0 Å². The molecule has 0 aliphatic heterocycles. The van der Waals surface area contributed by atoms with Gasteiger partial charge in [0.1, 0.15) is 13.2 Å². The summed E-state index contributed by atoms with van der Waals surface area (Å²) in [5.41, 5.74) is 0. The van der Waals surface area contributed by atoms with E-state index in [0.29, 0.717) is 19.3 Å². The summed E-state index contributed by atoms with van der Waals surface area (Å²) < 4.78 is 16.9. The molecule has 0 amide bonds. The number of carbonyl (C=O) groups is 3. The van der Waals surface area contributed by atoms with E-state index < -0.39 is 6.10 Å². The first-order chi connectivity index (χ1) is 41.0. The second-order valence-corrected chi connectivity index (χ2v) is 21.6. The van der Waals surface area contributed by atoms with Crippen LogP contribution in [0.4, 0.5) is 0 Å². The van der Waals surface area contributed by atoms with Crippen LogP contribution in [-0.4, -0.2) is 37.2 Å². The maximum absolute atomic E-state index is 12.9. The first-order valence-electron chi connectivity index (χ1n) is 33.6. The van der Waals surface area contributed by atoms with Gasteiger partial charge in [0.15, 0.2) is 6.10 Å². The fourth-order valence-electron chi connectivity index (χ4n) is 8.80. The summed E-state index contributed by atoms with van der Waals surface area (Å²) in [6.07, 6.45) is 102. The Morgan fingerprint density at radius 1 is 0.241 bits per heavy atom. The van der Waals surface area contributed by atoms with Gasteiger partial charge in [-0.2, -0.15) is 0 Å². The second-order valence-electron chi connectivity index (χ2n) is 21.6. The average Bonchev–Trinajstić information content (AvgIpc) is 3.49. The zero-order valence-corrected chi connectivity index (χ0v) is 53.4. The molecule has 6 heteroatoms. The van der Waals surface area contributed by atoms with Crippen molar-refractivity contribution in [3.63, 3.8) is 0 Å². The highest BCUT2D eigenvalue weighted by atomic mass is 16.6. The molecule has 0 spiro atoms. The van der Waals surface area contributed by atoms with Gasteiger partial charge in [0, 0.05) is 19.3 Å². The number of esters is 3. The zero-order chi connectivity index (χ0) is 59.9. The molecule has 1 atom stereocenters. The summed E-state index contributed by atoms with van der Waals surface area (Å²) in [6.45, 7) is 6.23. The van der Waals surface area contributed by atoms with Gasteiger partial charge in [0.2, 0.25) is 0 Å². The Morgan fingerprint density at radius 3 is 0.747 bits per heavy atom. The molecule has 0 fully saturated rings. The maximum Gasteiger partial charge on any atom is 0.306 e. The third-order valence-corrected chi connectivity index (χ3v) is 13.7. The lowest BCUT2D eigenvalue weighted by Crippen LogP contribution is -2.30. The van der Waals surface area contributed by atoms with Crippen LogP contribution in [0.3, 0.4) is 0 Å². The van der Waals surface area contributed by atoms with Crippen LogP contribution in [0.1, 0.15) is 278 Å². The molecule has 0 bridgehead atoms. The number of allylic oxidation sites excluding steroid dienone is 28. The predicted octanol–water partition coefficient (Wildman–Crippen LogP) is 23.4. The lowest BCUT2D eigenvalue weighted by molar-refractivity contribution is -0.166. The van der Waals surface area contributed by atoms with Crippen LogP contribution < -0.4 is 0 Å². The molecule has 83 heavy (non-hydrogen) atoms. The first kappa shape index (κ1) is 77.8. The molecule has 0 aliphatic carbocycles. The SMILES string of the molecule is CC/C=C\C/C=C\C/C=C\C/C=C\C/C=C\CCCCCCCCCCCCCCCC(=O)OCC(COC(=O)CC/C=C\C/C=C\C/C=C\C/C=C\CC)OC(=O)CCCCCCCCC/C=C\C/C=C\C/C=C\C/C=C\C/C=C\CC. The van der Waals surface area contributed by atoms with Crippen molar-refractivity contribution in [3.8, 4) is 0 Å². The number of ether oxygens (including phenoxy) is 3. The van der Waals surface area contributed by atoms with Gasteiger partial charge in [0.05, 0.1) is 0 Å². The van der Waals surface area contributed by atoms with E-state index in [1.807, 2.05) is 6.08 Å². The summed E-state index contributed by atoms with van der Waals surface area (Å²) in [7, 11) is 0. The third kappa shape index (κ3) is 67.4. The molecule has 0 saturated heterocycles. The highest BCUT2D eigenvalue weighted by Gasteiger charge is 2.19. The molecule has 0 aromatic rings. The molecular weight excluding hydrogens is 1020 g/mol. The van der Waals surface area contributed by atoms with E-state index in [1.54, 1.807) is 0 Å². The minimum Gasteiger partial charge on any atom is -0.462 e. The number of carbonyl (C=O) groups excluding carboxylic acids is 3. The van der Waals surface area contributed by atoms with Crippen molar-refractivity contribution >= 4 is 17.9 Å². The van der Waals surface area contributed by atoms with E-state index in [9.17, 15) is 14.4 Å². The molecule has 0 heterocycles. The Bertz CT molecular complexity index is 1890. The van der Waals surface area contributed by atoms with Crippen molar-refractivity contribution in [1.29, 1.82) is 0 Å². The highest BCUT2D eigenvalue weighted by Crippen LogP contribution is 2.16. The van der Waals surface area contributed by atoms with Crippen LogP contribution in [0.15, 0.2) is 170 Å². The minimum absolute atomic E-state index is 0.112. The van der Waals surface area contributed by atoms with E-state index >= 15 is 0 Å². The van der Waals surface area contributed by atoms with Crippen LogP contribution in [-0.2, 0) is 28.6 Å². The largest absolute Gasteiger partial charge is 0.462 e. The van der Waals surface area contributed by atoms with Crippen LogP contribution in [0.2, 0.25) is 0 Å². The number of hydrogen-bond acceptors (Lipinski definition) is 6. The van der Waals surface area contributed by atoms with Crippen LogP contribution in [0, 0.1) is 0 Å². The highest BCUT2D eigenvalue weighted by molar-refractivity contribution is 5.71. The minimum atomic E-state index is -0.823. The van der Waals surface area contributed by atoms with Gasteiger partial charge in [-0.25, -0.2) is 0 Å². The Balaban J connectivity index is 4.37. The quantitative estimate of drug-likeness (QED) is 0.0261. The Hall–Kier alpha value is -5.23. The summed E-state index contributed by atoms with van der Waals surface area (Å²) in [6, 6.07) is 0. The van der Waals surface area contributed by atoms with Crippen molar-refractivity contribution in [2.24, 2.45) is 0 Å². The van der Waals surface area contributed by atoms with Crippen LogP contribution >= 0.6 is 0 Å². The molecule has 0 saturated carbocycles. The van der Waals surface area contributed by atoms with Crippen molar-refractivity contribution in [2.45, 2.75) is 284 Å². The lowest BCUT2D eigenvalue weighted by Gasteiger charge is -2.18. The van der Waals surface area contributed by atoms with Gasteiger partial charge in [-0.1, -0.05) is 294 Å². The standard InChI is InChI=1S/C77H122O6/c1-4-7-10-13-16-19-22-25-27-29-31-33-35-36-37-38-39-40-42-43-45-47-49-52-55-58-61-64-67-70-76(79)82-73-74(72-81-75(78)69-66-63-60-57-54-51-24-21-18-15-12-9-6-3)83-77(80)71-68-65-62-59-56-53-50-48-46-44-41-34-32-30-28-26-23-20-17-14-11-8-5-2/h7-12,16-21,25-28,31-34,36-37,44,46,51,54,60,63,74H,4-6,13-15,22-24,29-30,35,38-43,45,47-50,52-53,55-59,61-62,64-73H2,1-3H3/b10-7-,11-8-,12-9-,19-16-,20-17-,21-18-,27-25-,28-26-,33-31-,34-32-,37-36-,46-44-,54-51-,63-60-. The van der Waals surface area contributed by atoms with Crippen LogP contribution in [0.5, 0.6) is 0 Å². The normalized spacial score (nSPS) is 13.2. The summed E-state index contributed by atoms with van der Waals surface area (Å²) in [4.78, 5) is 38.3. The number of hydrogen-bond donors (Lipinski definition) is 0. The summed E-state index contributed by atoms with van der Waals surface area (Å²) in [5.74, 6) is -1.01. The third-order valence-electron chi connectivity index (χ3n) is 13.7. The van der Waals surface area contributed by atoms with E-state index in [1.165, 1.54) is 89.9 Å². The van der Waals surface area contributed by atoms with Gasteiger partial charge < -0.3 is 14.2 Å². The Labute approximate surface area is 511 Å². The fraction of sp³-hybridized carbons (Fsp3) is 0.597. The average molecular weight is 1140 g/mol. The molecule has 0 aromatic carbocycles. The first-order valence-corrected chi connectivity index (χ1v) is 33.6. The molecule has 0 rings (SSSR count). The lowest BCUT2D eigenvalue weighted by atomic mass is 10.0. The van der Waals surface area contributed by atoms with E-state index in [4.69, 9.17) is 14.2 Å². The smallest absolute Gasteiger partial charge is 0.306 e. The molecule has 1 unspecified atom stereocenters. The topological polar surface area (TPSA) is 78.9 Å². The molecule has 466 valence electrons.